The molecule has 2 rings (SSSR count). The molecule has 0 aliphatic heterocycles. The summed E-state index contributed by atoms with van der Waals surface area (Å²) in [4.78, 5) is 11.8. The predicted molar refractivity (Wildman–Crippen MR) is 68.1 cm³/mol. The Balaban J connectivity index is 2.03. The zero-order chi connectivity index (χ0) is 14.8. The zero-order valence-electron chi connectivity index (χ0n) is 10.2. The summed E-state index contributed by atoms with van der Waals surface area (Å²) in [5, 5.41) is -0.496. The van der Waals surface area contributed by atoms with Crippen LogP contribution in [0.15, 0.2) is 11.6 Å². The lowest BCUT2D eigenvalue weighted by atomic mass is 10.3. The van der Waals surface area contributed by atoms with Crippen molar-refractivity contribution in [3.63, 3.8) is 0 Å². The Hall–Kier alpha value is -1.41. The monoisotopic (exact) mass is 323 g/mol. The minimum absolute atomic E-state index is 0.188. The molecule has 108 valence electrons. The highest BCUT2D eigenvalue weighted by molar-refractivity contribution is 7.09. The van der Waals surface area contributed by atoms with E-state index < -0.39 is 17.2 Å². The number of aryl methyl sites for hydroxylation is 1. The van der Waals surface area contributed by atoms with Gasteiger partial charge >= 0.3 is 6.18 Å². The smallest absolute Gasteiger partial charge is 0.433 e. The van der Waals surface area contributed by atoms with Crippen LogP contribution >= 0.6 is 22.9 Å². The Morgan fingerprint density at radius 1 is 1.35 bits per heavy atom. The molecule has 0 aromatic carbocycles. The largest absolute Gasteiger partial charge is 0.477 e. The first-order chi connectivity index (χ1) is 9.36. The topological polar surface area (TPSA) is 47.9 Å². The summed E-state index contributed by atoms with van der Waals surface area (Å²) in [5.41, 5.74) is 1.46. The first kappa shape index (κ1) is 15.0. The van der Waals surface area contributed by atoms with Crippen molar-refractivity contribution in [1.29, 1.82) is 0 Å². The van der Waals surface area contributed by atoms with Crippen LogP contribution in [0.5, 0.6) is 5.88 Å². The zero-order valence-corrected chi connectivity index (χ0v) is 11.8. The highest BCUT2D eigenvalue weighted by Crippen LogP contribution is 2.30. The molecule has 0 radical (unpaired) electrons. The van der Waals surface area contributed by atoms with Crippen molar-refractivity contribution in [2.45, 2.75) is 19.5 Å². The van der Waals surface area contributed by atoms with E-state index in [1.807, 2.05) is 6.92 Å². The van der Waals surface area contributed by atoms with Gasteiger partial charge in [-0.25, -0.2) is 9.97 Å². The van der Waals surface area contributed by atoms with E-state index in [4.69, 9.17) is 16.3 Å². The van der Waals surface area contributed by atoms with Crippen LogP contribution in [0.25, 0.3) is 0 Å². The van der Waals surface area contributed by atoms with Gasteiger partial charge in [-0.2, -0.15) is 18.2 Å². The highest BCUT2D eigenvalue weighted by Gasteiger charge is 2.33. The molecular weight excluding hydrogens is 315 g/mol. The van der Waals surface area contributed by atoms with Crippen molar-refractivity contribution in [3.8, 4) is 5.88 Å². The van der Waals surface area contributed by atoms with Gasteiger partial charge in [0.15, 0.2) is 5.69 Å². The van der Waals surface area contributed by atoms with Crippen molar-refractivity contribution in [2.24, 2.45) is 0 Å². The third-order valence-electron chi connectivity index (χ3n) is 2.39. The standard InChI is InChI=1S/C11H9ClF3N3OS/c1-6-7(20-5-16-6)2-3-19-9-4-8(11(13,14)15)17-10(12)18-9/h4-5H,2-3H2,1H3. The van der Waals surface area contributed by atoms with E-state index in [0.29, 0.717) is 6.42 Å². The fraction of sp³-hybridized carbons (Fsp3) is 0.364. The van der Waals surface area contributed by atoms with E-state index in [0.717, 1.165) is 16.6 Å². The van der Waals surface area contributed by atoms with Gasteiger partial charge in [0.1, 0.15) is 0 Å². The van der Waals surface area contributed by atoms with Gasteiger partial charge in [-0.05, 0) is 18.5 Å². The van der Waals surface area contributed by atoms with Gasteiger partial charge in [-0.3, -0.25) is 0 Å². The number of halogens is 4. The summed E-state index contributed by atoms with van der Waals surface area (Å²) >= 11 is 6.91. The maximum Gasteiger partial charge on any atom is 0.433 e. The van der Waals surface area contributed by atoms with E-state index in [1.54, 1.807) is 5.51 Å². The maximum atomic E-state index is 12.5. The van der Waals surface area contributed by atoms with Gasteiger partial charge in [0.05, 0.1) is 17.8 Å². The second kappa shape index (κ2) is 5.92. The van der Waals surface area contributed by atoms with Crippen molar-refractivity contribution in [3.05, 3.63) is 33.1 Å². The SMILES string of the molecule is Cc1ncsc1CCOc1cc(C(F)(F)F)nc(Cl)n1. The Morgan fingerprint density at radius 3 is 2.70 bits per heavy atom. The lowest BCUT2D eigenvalue weighted by Gasteiger charge is -2.09. The van der Waals surface area contributed by atoms with Crippen LogP contribution in [0.1, 0.15) is 16.3 Å². The van der Waals surface area contributed by atoms with Gasteiger partial charge in [-0.1, -0.05) is 0 Å². The number of hydrogen-bond donors (Lipinski definition) is 0. The fourth-order valence-electron chi connectivity index (χ4n) is 1.43. The minimum atomic E-state index is -4.58. The van der Waals surface area contributed by atoms with Crippen LogP contribution in [-0.2, 0) is 12.6 Å². The van der Waals surface area contributed by atoms with Gasteiger partial charge in [0.2, 0.25) is 11.2 Å². The van der Waals surface area contributed by atoms with Gasteiger partial charge in [-0.15, -0.1) is 11.3 Å². The van der Waals surface area contributed by atoms with Crippen LogP contribution in [0.3, 0.4) is 0 Å². The second-order valence-corrected chi connectivity index (χ2v) is 5.10. The average molecular weight is 324 g/mol. The lowest BCUT2D eigenvalue weighted by Crippen LogP contribution is -2.10. The van der Waals surface area contributed by atoms with Crippen LogP contribution in [0, 0.1) is 6.92 Å². The second-order valence-electron chi connectivity index (χ2n) is 3.82. The van der Waals surface area contributed by atoms with E-state index in [-0.39, 0.29) is 12.5 Å². The molecule has 0 saturated carbocycles. The summed E-state index contributed by atoms with van der Waals surface area (Å²) in [7, 11) is 0. The maximum absolute atomic E-state index is 12.5. The van der Waals surface area contributed by atoms with E-state index in [2.05, 4.69) is 15.0 Å². The average Bonchev–Trinajstić information content (AvgIpc) is 2.73. The van der Waals surface area contributed by atoms with Gasteiger partial charge < -0.3 is 4.74 Å². The van der Waals surface area contributed by atoms with Gasteiger partial charge in [0, 0.05) is 17.4 Å². The molecule has 0 atom stereocenters. The Labute approximate surface area is 121 Å². The highest BCUT2D eigenvalue weighted by atomic mass is 35.5. The molecule has 2 heterocycles. The molecule has 0 amide bonds. The Morgan fingerprint density at radius 2 is 2.10 bits per heavy atom. The minimum Gasteiger partial charge on any atom is -0.477 e. The number of nitrogens with zero attached hydrogens (tertiary/aromatic N) is 3. The van der Waals surface area contributed by atoms with Gasteiger partial charge in [0.25, 0.3) is 0 Å². The number of rotatable bonds is 4. The van der Waals surface area contributed by atoms with Crippen molar-refractivity contribution in [2.75, 3.05) is 6.61 Å². The molecule has 0 spiro atoms. The number of hydrogen-bond acceptors (Lipinski definition) is 5. The molecule has 0 aliphatic rings. The van der Waals surface area contributed by atoms with Crippen molar-refractivity contribution in [1.82, 2.24) is 15.0 Å². The van der Waals surface area contributed by atoms with Crippen LogP contribution in [-0.4, -0.2) is 21.6 Å². The number of thiazole rings is 1. The molecule has 0 saturated heterocycles. The molecule has 20 heavy (non-hydrogen) atoms. The Bertz CT molecular complexity index is 603. The summed E-state index contributed by atoms with van der Waals surface area (Å²) in [5.74, 6) is -0.195. The summed E-state index contributed by atoms with van der Waals surface area (Å²) in [6.07, 6.45) is -4.04. The molecule has 0 aliphatic carbocycles. The summed E-state index contributed by atoms with van der Waals surface area (Å²) in [6.45, 7) is 2.04. The molecule has 2 aromatic rings. The number of ether oxygens (including phenoxy) is 1. The van der Waals surface area contributed by atoms with Crippen molar-refractivity contribution < 1.29 is 17.9 Å². The van der Waals surface area contributed by atoms with Crippen LogP contribution < -0.4 is 4.74 Å². The quantitative estimate of drug-likeness (QED) is 0.808. The van der Waals surface area contributed by atoms with E-state index in [1.165, 1.54) is 11.3 Å². The first-order valence-electron chi connectivity index (χ1n) is 5.50. The number of alkyl halides is 3. The summed E-state index contributed by atoms with van der Waals surface area (Å²) in [6, 6.07) is 0.728. The first-order valence-corrected chi connectivity index (χ1v) is 6.75. The fourth-order valence-corrected chi connectivity index (χ4v) is 2.37. The van der Waals surface area contributed by atoms with Crippen LogP contribution in [0.2, 0.25) is 5.28 Å². The molecule has 4 nitrogen and oxygen atoms in total. The predicted octanol–water partition coefficient (Wildman–Crippen LogP) is 3.54. The lowest BCUT2D eigenvalue weighted by molar-refractivity contribution is -0.141. The summed E-state index contributed by atoms with van der Waals surface area (Å²) < 4.78 is 42.8. The molecule has 0 fully saturated rings. The molecule has 0 N–H and O–H groups in total. The van der Waals surface area contributed by atoms with E-state index in [9.17, 15) is 13.2 Å². The molecular formula is C11H9ClF3N3OS. The van der Waals surface area contributed by atoms with Crippen molar-refractivity contribution >= 4 is 22.9 Å². The molecule has 9 heteroatoms. The molecule has 0 bridgehead atoms. The van der Waals surface area contributed by atoms with E-state index >= 15 is 0 Å². The third kappa shape index (κ3) is 3.80. The molecule has 0 unspecified atom stereocenters. The van der Waals surface area contributed by atoms with Crippen LogP contribution in [0.4, 0.5) is 13.2 Å². The number of aromatic nitrogens is 3. The Kier molecular flexibility index (Phi) is 4.44. The third-order valence-corrected chi connectivity index (χ3v) is 3.55. The molecule has 2 aromatic heterocycles. The normalized spacial score (nSPS) is 11.7.